The van der Waals surface area contributed by atoms with E-state index in [1.807, 2.05) is 30.3 Å². The lowest BCUT2D eigenvalue weighted by atomic mass is 10.0. The van der Waals surface area contributed by atoms with E-state index in [1.165, 1.54) is 11.1 Å². The molecule has 1 amide bonds. The monoisotopic (exact) mass is 316 g/mol. The first-order chi connectivity index (χ1) is 10.3. The summed E-state index contributed by atoms with van der Waals surface area (Å²) in [4.78, 5) is 12.2. The average molecular weight is 317 g/mol. The van der Waals surface area contributed by atoms with Gasteiger partial charge in [-0.05, 0) is 29.5 Å². The molecule has 2 unspecified atom stereocenters. The van der Waals surface area contributed by atoms with E-state index in [0.717, 1.165) is 18.4 Å². The number of hydrogen-bond donors (Lipinski definition) is 2. The fourth-order valence-electron chi connectivity index (χ4n) is 3.00. The molecule has 3 rings (SSSR count). The number of carbonyl (C=O) groups excluding carboxylic acids is 1. The third kappa shape index (κ3) is 3.49. The topological polar surface area (TPSA) is 55.1 Å². The van der Waals surface area contributed by atoms with Gasteiger partial charge < -0.3 is 11.1 Å². The quantitative estimate of drug-likeness (QED) is 0.911. The van der Waals surface area contributed by atoms with Gasteiger partial charge in [0.1, 0.15) is 6.04 Å². The molecule has 116 valence electrons. The molecule has 0 fully saturated rings. The first-order valence-electron chi connectivity index (χ1n) is 7.42. The zero-order valence-electron chi connectivity index (χ0n) is 12.4. The van der Waals surface area contributed by atoms with Crippen molar-refractivity contribution in [1.82, 2.24) is 5.32 Å². The van der Waals surface area contributed by atoms with Crippen LogP contribution < -0.4 is 11.1 Å². The minimum Gasteiger partial charge on any atom is -0.354 e. The van der Waals surface area contributed by atoms with Crippen LogP contribution in [0.3, 0.4) is 0 Å². The maximum atomic E-state index is 12.2. The molecule has 3 N–H and O–H groups in total. The van der Waals surface area contributed by atoms with Gasteiger partial charge in [-0.25, -0.2) is 0 Å². The van der Waals surface area contributed by atoms with Gasteiger partial charge in [-0.3, -0.25) is 4.79 Å². The second-order valence-electron chi connectivity index (χ2n) is 5.57. The molecule has 1 aliphatic rings. The van der Waals surface area contributed by atoms with E-state index < -0.39 is 6.04 Å². The highest BCUT2D eigenvalue weighted by atomic mass is 35.5. The van der Waals surface area contributed by atoms with E-state index in [9.17, 15) is 4.79 Å². The van der Waals surface area contributed by atoms with Crippen molar-refractivity contribution in [2.75, 3.05) is 6.54 Å². The number of aryl methyl sites for hydroxylation is 1. The molecule has 3 nitrogen and oxygen atoms in total. The third-order valence-electron chi connectivity index (χ3n) is 4.22. The first-order valence-corrected chi connectivity index (χ1v) is 7.42. The van der Waals surface area contributed by atoms with Crippen molar-refractivity contribution >= 4 is 18.3 Å². The molecule has 0 spiro atoms. The van der Waals surface area contributed by atoms with Crippen LogP contribution in [0.15, 0.2) is 54.6 Å². The molecular weight excluding hydrogens is 296 g/mol. The zero-order valence-corrected chi connectivity index (χ0v) is 13.2. The van der Waals surface area contributed by atoms with Crippen LogP contribution in [0.4, 0.5) is 0 Å². The van der Waals surface area contributed by atoms with E-state index in [0.29, 0.717) is 12.5 Å². The molecule has 2 aromatic carbocycles. The number of hydrogen-bond acceptors (Lipinski definition) is 2. The summed E-state index contributed by atoms with van der Waals surface area (Å²) in [6.45, 7) is 0.663. The second-order valence-corrected chi connectivity index (χ2v) is 5.57. The first kappa shape index (κ1) is 16.5. The Hall–Kier alpha value is -1.84. The maximum Gasteiger partial charge on any atom is 0.241 e. The second kappa shape index (κ2) is 7.43. The normalized spacial score (nSPS) is 17.2. The van der Waals surface area contributed by atoms with Crippen molar-refractivity contribution in [2.45, 2.75) is 24.8 Å². The summed E-state index contributed by atoms with van der Waals surface area (Å²) >= 11 is 0. The van der Waals surface area contributed by atoms with Gasteiger partial charge in [0.2, 0.25) is 5.91 Å². The van der Waals surface area contributed by atoms with Crippen LogP contribution in [-0.2, 0) is 11.2 Å². The van der Waals surface area contributed by atoms with Crippen molar-refractivity contribution < 1.29 is 4.79 Å². The van der Waals surface area contributed by atoms with Gasteiger partial charge >= 0.3 is 0 Å². The summed E-state index contributed by atoms with van der Waals surface area (Å²) in [5.74, 6) is 0.304. The number of amides is 1. The molecule has 22 heavy (non-hydrogen) atoms. The molecule has 1 aliphatic carbocycles. The summed E-state index contributed by atoms with van der Waals surface area (Å²) in [6.07, 6.45) is 2.20. The third-order valence-corrected chi connectivity index (χ3v) is 4.22. The lowest BCUT2D eigenvalue weighted by Gasteiger charge is -2.16. The highest BCUT2D eigenvalue weighted by Crippen LogP contribution is 2.32. The molecule has 4 heteroatoms. The largest absolute Gasteiger partial charge is 0.354 e. The highest BCUT2D eigenvalue weighted by Gasteiger charge is 2.23. The van der Waals surface area contributed by atoms with Crippen molar-refractivity contribution in [3.63, 3.8) is 0 Å². The molecule has 2 aromatic rings. The van der Waals surface area contributed by atoms with Crippen molar-refractivity contribution in [3.05, 3.63) is 71.3 Å². The van der Waals surface area contributed by atoms with Crippen molar-refractivity contribution in [3.8, 4) is 0 Å². The lowest BCUT2D eigenvalue weighted by molar-refractivity contribution is -0.122. The van der Waals surface area contributed by atoms with Gasteiger partial charge in [-0.2, -0.15) is 0 Å². The summed E-state index contributed by atoms with van der Waals surface area (Å²) in [6, 6.07) is 17.4. The van der Waals surface area contributed by atoms with E-state index in [-0.39, 0.29) is 18.3 Å². The van der Waals surface area contributed by atoms with Gasteiger partial charge in [-0.1, -0.05) is 54.6 Å². The van der Waals surface area contributed by atoms with Crippen molar-refractivity contribution in [2.24, 2.45) is 5.73 Å². The number of benzene rings is 2. The molecule has 0 saturated carbocycles. The summed E-state index contributed by atoms with van der Waals surface area (Å²) in [5, 5.41) is 3.00. The molecule has 0 bridgehead atoms. The summed E-state index contributed by atoms with van der Waals surface area (Å²) in [7, 11) is 0. The molecule has 0 radical (unpaired) electrons. The molecule has 0 aromatic heterocycles. The predicted octanol–water partition coefficient (Wildman–Crippen LogP) is 2.95. The van der Waals surface area contributed by atoms with Gasteiger partial charge in [0, 0.05) is 12.5 Å². The van der Waals surface area contributed by atoms with Crippen LogP contribution in [0, 0.1) is 0 Å². The average Bonchev–Trinajstić information content (AvgIpc) is 2.96. The Balaban J connectivity index is 0.00000176. The van der Waals surface area contributed by atoms with Gasteiger partial charge in [-0.15, -0.1) is 12.4 Å². The van der Waals surface area contributed by atoms with Crippen LogP contribution in [0.1, 0.15) is 35.1 Å². The number of carbonyl (C=O) groups is 1. The number of fused-ring (bicyclic) bond motifs is 1. The number of rotatable bonds is 4. The summed E-state index contributed by atoms with van der Waals surface area (Å²) in [5.41, 5.74) is 9.63. The summed E-state index contributed by atoms with van der Waals surface area (Å²) < 4.78 is 0. The van der Waals surface area contributed by atoms with E-state index in [1.54, 1.807) is 0 Å². The Labute approximate surface area is 137 Å². The zero-order chi connectivity index (χ0) is 14.7. The molecule has 2 atom stereocenters. The molecule has 0 saturated heterocycles. The Kier molecular flexibility index (Phi) is 5.58. The number of halogens is 1. The van der Waals surface area contributed by atoms with Gasteiger partial charge in [0.05, 0.1) is 0 Å². The fourth-order valence-corrected chi connectivity index (χ4v) is 3.00. The van der Waals surface area contributed by atoms with Crippen LogP contribution in [-0.4, -0.2) is 12.5 Å². The minimum atomic E-state index is -0.595. The number of nitrogens with two attached hydrogens (primary N) is 1. The maximum absolute atomic E-state index is 12.2. The van der Waals surface area contributed by atoms with Gasteiger partial charge in [0.25, 0.3) is 0 Å². The Morgan fingerprint density at radius 1 is 1.14 bits per heavy atom. The molecular formula is C18H21ClN2O. The van der Waals surface area contributed by atoms with Crippen LogP contribution in [0.5, 0.6) is 0 Å². The molecule has 0 aliphatic heterocycles. The lowest BCUT2D eigenvalue weighted by Crippen LogP contribution is -2.36. The SMILES string of the molecule is Cl.NC(C(=O)NCC1CCc2ccccc21)c1ccccc1. The Bertz CT molecular complexity index is 630. The minimum absolute atomic E-state index is 0. The van der Waals surface area contributed by atoms with Crippen LogP contribution >= 0.6 is 12.4 Å². The number of nitrogens with one attached hydrogen (secondary N) is 1. The van der Waals surface area contributed by atoms with Crippen molar-refractivity contribution in [1.29, 1.82) is 0 Å². The van der Waals surface area contributed by atoms with Crippen LogP contribution in [0.25, 0.3) is 0 Å². The van der Waals surface area contributed by atoms with E-state index in [2.05, 4.69) is 29.6 Å². The Morgan fingerprint density at radius 2 is 1.82 bits per heavy atom. The smallest absolute Gasteiger partial charge is 0.241 e. The molecule has 0 heterocycles. The van der Waals surface area contributed by atoms with Crippen LogP contribution in [0.2, 0.25) is 0 Å². The standard InChI is InChI=1S/C18H20N2O.ClH/c19-17(14-7-2-1-3-8-14)18(21)20-12-15-11-10-13-6-4-5-9-16(13)15;/h1-9,15,17H,10-12,19H2,(H,20,21);1H. The highest BCUT2D eigenvalue weighted by molar-refractivity contribution is 5.85. The van der Waals surface area contributed by atoms with E-state index >= 15 is 0 Å². The van der Waals surface area contributed by atoms with E-state index in [4.69, 9.17) is 5.73 Å². The van der Waals surface area contributed by atoms with Gasteiger partial charge in [0.15, 0.2) is 0 Å². The fraction of sp³-hybridized carbons (Fsp3) is 0.278. The predicted molar refractivity (Wildman–Crippen MR) is 91.1 cm³/mol. The Morgan fingerprint density at radius 3 is 2.59 bits per heavy atom.